The number of rotatable bonds is 2. The zero-order valence-electron chi connectivity index (χ0n) is 9.19. The number of nitrogens with zero attached hydrogens (tertiary/aromatic N) is 3. The molecule has 0 aromatic carbocycles. The van der Waals surface area contributed by atoms with E-state index in [1.165, 1.54) is 6.20 Å². The third-order valence-electron chi connectivity index (χ3n) is 3.11. The highest BCUT2D eigenvalue weighted by molar-refractivity contribution is 6.20. The van der Waals surface area contributed by atoms with Crippen LogP contribution in [0.15, 0.2) is 6.20 Å². The van der Waals surface area contributed by atoms with E-state index < -0.39 is 0 Å². The molecule has 1 amide bonds. The first-order chi connectivity index (χ1) is 7.68. The van der Waals surface area contributed by atoms with Crippen LogP contribution in [-0.4, -0.2) is 44.7 Å². The maximum Gasteiger partial charge on any atom is 0.276 e. The molecule has 1 aliphatic heterocycles. The first-order valence-electron chi connectivity index (χ1n) is 5.47. The highest BCUT2D eigenvalue weighted by Gasteiger charge is 2.26. The van der Waals surface area contributed by atoms with Gasteiger partial charge in [0.2, 0.25) is 0 Å². The van der Waals surface area contributed by atoms with Crippen molar-refractivity contribution in [1.82, 2.24) is 20.3 Å². The van der Waals surface area contributed by atoms with E-state index >= 15 is 0 Å². The summed E-state index contributed by atoms with van der Waals surface area (Å²) in [5.74, 6) is 0.470. The summed E-state index contributed by atoms with van der Waals surface area (Å²) in [5, 5.41) is 10.1. The van der Waals surface area contributed by atoms with Gasteiger partial charge in [-0.05, 0) is 25.7 Å². The van der Waals surface area contributed by atoms with Gasteiger partial charge in [-0.15, -0.1) is 11.6 Å². The van der Waals surface area contributed by atoms with E-state index in [0.29, 0.717) is 11.6 Å². The van der Waals surface area contributed by atoms with Gasteiger partial charge < -0.3 is 4.90 Å². The van der Waals surface area contributed by atoms with Gasteiger partial charge >= 0.3 is 0 Å². The fourth-order valence-electron chi connectivity index (χ4n) is 2.03. The summed E-state index contributed by atoms with van der Waals surface area (Å²) in [6, 6.07) is 0. The normalized spacial score (nSPS) is 19.8. The van der Waals surface area contributed by atoms with Crippen molar-refractivity contribution in [3.8, 4) is 0 Å². The van der Waals surface area contributed by atoms with Crippen LogP contribution in [0.1, 0.15) is 30.3 Å². The molecule has 16 heavy (non-hydrogen) atoms. The lowest BCUT2D eigenvalue weighted by atomic mass is 9.94. The number of H-pyrrole nitrogens is 1. The van der Waals surface area contributed by atoms with Crippen molar-refractivity contribution in [3.05, 3.63) is 11.9 Å². The number of likely N-dealkylation sites (tertiary alicyclic amines) is 1. The van der Waals surface area contributed by atoms with Crippen LogP contribution in [0.3, 0.4) is 0 Å². The van der Waals surface area contributed by atoms with Gasteiger partial charge in [-0.2, -0.15) is 15.4 Å². The Labute approximate surface area is 99.2 Å². The van der Waals surface area contributed by atoms with Crippen molar-refractivity contribution < 1.29 is 4.79 Å². The van der Waals surface area contributed by atoms with Gasteiger partial charge in [-0.1, -0.05) is 0 Å². The van der Waals surface area contributed by atoms with Crippen LogP contribution in [0.2, 0.25) is 0 Å². The number of hydrogen-bond acceptors (Lipinski definition) is 3. The number of carbonyl (C=O) groups excluding carboxylic acids is 1. The molecule has 1 atom stereocenters. The lowest BCUT2D eigenvalue weighted by molar-refractivity contribution is 0.0684. The second-order valence-corrected chi connectivity index (χ2v) is 4.85. The van der Waals surface area contributed by atoms with E-state index in [4.69, 9.17) is 11.6 Å². The van der Waals surface area contributed by atoms with Gasteiger partial charge in [-0.25, -0.2) is 0 Å². The number of halogens is 1. The molecule has 5 nitrogen and oxygen atoms in total. The molecule has 6 heteroatoms. The number of aromatic amines is 1. The fraction of sp³-hybridized carbons (Fsp3) is 0.700. The van der Waals surface area contributed by atoms with Crippen molar-refractivity contribution >= 4 is 17.5 Å². The fourth-order valence-corrected chi connectivity index (χ4v) is 2.28. The van der Waals surface area contributed by atoms with Gasteiger partial charge in [0.05, 0.1) is 6.20 Å². The Hall–Kier alpha value is -1.10. The molecule has 2 heterocycles. The molecule has 1 fully saturated rings. The third kappa shape index (κ3) is 2.35. The lowest BCUT2D eigenvalue weighted by Gasteiger charge is -2.32. The van der Waals surface area contributed by atoms with E-state index in [0.717, 1.165) is 25.9 Å². The van der Waals surface area contributed by atoms with Crippen LogP contribution in [0, 0.1) is 5.92 Å². The number of nitrogens with one attached hydrogen (secondary N) is 1. The average molecular weight is 243 g/mol. The Morgan fingerprint density at radius 2 is 2.31 bits per heavy atom. The summed E-state index contributed by atoms with van der Waals surface area (Å²) in [4.78, 5) is 13.7. The summed E-state index contributed by atoms with van der Waals surface area (Å²) < 4.78 is 0. The molecule has 0 radical (unpaired) electrons. The molecule has 88 valence electrons. The largest absolute Gasteiger partial charge is 0.337 e. The zero-order chi connectivity index (χ0) is 11.5. The second-order valence-electron chi connectivity index (χ2n) is 4.16. The molecule has 1 aromatic heterocycles. The molecule has 0 saturated carbocycles. The Morgan fingerprint density at radius 3 is 2.81 bits per heavy atom. The van der Waals surface area contributed by atoms with Crippen LogP contribution in [0.25, 0.3) is 0 Å². The molecular weight excluding hydrogens is 228 g/mol. The summed E-state index contributed by atoms with van der Waals surface area (Å²) >= 11 is 6.05. The quantitative estimate of drug-likeness (QED) is 0.795. The van der Waals surface area contributed by atoms with E-state index in [1.54, 1.807) is 0 Å². The minimum atomic E-state index is -0.0468. The molecular formula is C10H15ClN4O. The monoisotopic (exact) mass is 242 g/mol. The third-order valence-corrected chi connectivity index (χ3v) is 3.47. The maximum absolute atomic E-state index is 11.9. The highest BCUT2D eigenvalue weighted by Crippen LogP contribution is 2.24. The van der Waals surface area contributed by atoms with E-state index in [-0.39, 0.29) is 11.3 Å². The van der Waals surface area contributed by atoms with Gasteiger partial charge in [0, 0.05) is 18.5 Å². The summed E-state index contributed by atoms with van der Waals surface area (Å²) in [6.45, 7) is 3.53. The number of amides is 1. The van der Waals surface area contributed by atoms with Crippen molar-refractivity contribution in [2.24, 2.45) is 5.92 Å². The van der Waals surface area contributed by atoms with Crippen LogP contribution >= 0.6 is 11.6 Å². The molecule has 0 aliphatic carbocycles. The smallest absolute Gasteiger partial charge is 0.276 e. The van der Waals surface area contributed by atoms with E-state index in [1.807, 2.05) is 11.8 Å². The van der Waals surface area contributed by atoms with Crippen molar-refractivity contribution in [2.45, 2.75) is 25.1 Å². The van der Waals surface area contributed by atoms with Crippen LogP contribution < -0.4 is 0 Å². The van der Waals surface area contributed by atoms with Crippen LogP contribution in [-0.2, 0) is 0 Å². The SMILES string of the molecule is CC(Cl)C1CCN(C(=O)c2cn[nH]n2)CC1. The predicted octanol–water partition coefficient (Wildman–Crippen LogP) is 1.28. The molecule has 1 unspecified atom stereocenters. The summed E-state index contributed by atoms with van der Waals surface area (Å²) in [5.41, 5.74) is 0.386. The summed E-state index contributed by atoms with van der Waals surface area (Å²) in [7, 11) is 0. The molecule has 1 aliphatic rings. The maximum atomic E-state index is 11.9. The van der Waals surface area contributed by atoms with Crippen LogP contribution in [0.4, 0.5) is 0 Å². The number of aromatic nitrogens is 3. The van der Waals surface area contributed by atoms with Crippen molar-refractivity contribution in [1.29, 1.82) is 0 Å². The molecule has 2 rings (SSSR count). The second kappa shape index (κ2) is 4.82. The van der Waals surface area contributed by atoms with Gasteiger partial charge in [0.25, 0.3) is 5.91 Å². The molecule has 0 spiro atoms. The topological polar surface area (TPSA) is 61.9 Å². The number of carbonyl (C=O) groups is 1. The Morgan fingerprint density at radius 1 is 1.62 bits per heavy atom. The standard InChI is InChI=1S/C10H15ClN4O/c1-7(11)8-2-4-15(5-3-8)10(16)9-6-12-14-13-9/h6-8H,2-5H2,1H3,(H,12,13,14). The van der Waals surface area contributed by atoms with Crippen LogP contribution in [0.5, 0.6) is 0 Å². The predicted molar refractivity (Wildman–Crippen MR) is 60.3 cm³/mol. The minimum absolute atomic E-state index is 0.0468. The average Bonchev–Trinajstić information content (AvgIpc) is 2.81. The Kier molecular flexibility index (Phi) is 3.43. The molecule has 0 bridgehead atoms. The van der Waals surface area contributed by atoms with E-state index in [9.17, 15) is 4.79 Å². The van der Waals surface area contributed by atoms with E-state index in [2.05, 4.69) is 15.4 Å². The summed E-state index contributed by atoms with van der Waals surface area (Å²) in [6.07, 6.45) is 3.39. The molecule has 1 N–H and O–H groups in total. The highest BCUT2D eigenvalue weighted by atomic mass is 35.5. The number of hydrogen-bond donors (Lipinski definition) is 1. The lowest BCUT2D eigenvalue weighted by Crippen LogP contribution is -2.40. The Bertz CT molecular complexity index is 344. The first kappa shape index (κ1) is 11.4. The van der Waals surface area contributed by atoms with Gasteiger partial charge in [0.1, 0.15) is 0 Å². The van der Waals surface area contributed by atoms with Crippen molar-refractivity contribution in [3.63, 3.8) is 0 Å². The zero-order valence-corrected chi connectivity index (χ0v) is 9.94. The van der Waals surface area contributed by atoms with Gasteiger partial charge in [-0.3, -0.25) is 4.79 Å². The molecule has 1 saturated heterocycles. The minimum Gasteiger partial charge on any atom is -0.337 e. The molecule has 1 aromatic rings. The number of alkyl halides is 1. The van der Waals surface area contributed by atoms with Crippen molar-refractivity contribution in [2.75, 3.05) is 13.1 Å². The Balaban J connectivity index is 1.92. The van der Waals surface area contributed by atoms with Gasteiger partial charge in [0.15, 0.2) is 5.69 Å². The number of piperidine rings is 1. The first-order valence-corrected chi connectivity index (χ1v) is 5.91.